The first kappa shape index (κ1) is 17.9. The standard InChI is InChI=1S/C21H24N6O2/c28-21(17-2-1-3-18-16(17)4-5-22-18)27-8-6-25(7-9-27)19-14-20(24-15-23-19)26-10-12-29-13-11-26/h1-5,14-15,22H,6-13H2. The Morgan fingerprint density at radius 1 is 0.931 bits per heavy atom. The molecule has 5 rings (SSSR count). The Bertz CT molecular complexity index is 1010. The van der Waals surface area contributed by atoms with Crippen LogP contribution < -0.4 is 9.80 Å². The summed E-state index contributed by atoms with van der Waals surface area (Å²) in [6.45, 7) is 6.03. The summed E-state index contributed by atoms with van der Waals surface area (Å²) in [4.78, 5) is 31.5. The molecule has 2 aromatic heterocycles. The van der Waals surface area contributed by atoms with E-state index in [1.807, 2.05) is 41.4 Å². The summed E-state index contributed by atoms with van der Waals surface area (Å²) in [5.74, 6) is 1.95. The number of fused-ring (bicyclic) bond motifs is 1. The van der Waals surface area contributed by atoms with E-state index in [1.54, 1.807) is 6.33 Å². The zero-order chi connectivity index (χ0) is 19.6. The highest BCUT2D eigenvalue weighted by Crippen LogP contribution is 2.22. The number of benzene rings is 1. The van der Waals surface area contributed by atoms with Gasteiger partial charge in [-0.2, -0.15) is 0 Å². The van der Waals surface area contributed by atoms with Crippen LogP contribution in [0.25, 0.3) is 10.9 Å². The van der Waals surface area contributed by atoms with Crippen LogP contribution in [0.4, 0.5) is 11.6 Å². The van der Waals surface area contributed by atoms with Gasteiger partial charge in [-0.05, 0) is 18.2 Å². The van der Waals surface area contributed by atoms with Crippen molar-refractivity contribution in [3.63, 3.8) is 0 Å². The van der Waals surface area contributed by atoms with Gasteiger partial charge in [-0.15, -0.1) is 0 Å². The van der Waals surface area contributed by atoms with Crippen molar-refractivity contribution in [2.24, 2.45) is 0 Å². The van der Waals surface area contributed by atoms with E-state index in [4.69, 9.17) is 4.74 Å². The van der Waals surface area contributed by atoms with E-state index in [2.05, 4.69) is 24.8 Å². The second-order valence-corrected chi connectivity index (χ2v) is 7.36. The van der Waals surface area contributed by atoms with Crippen molar-refractivity contribution in [1.29, 1.82) is 0 Å². The zero-order valence-electron chi connectivity index (χ0n) is 16.3. The minimum atomic E-state index is 0.0894. The van der Waals surface area contributed by atoms with Crippen molar-refractivity contribution < 1.29 is 9.53 Å². The van der Waals surface area contributed by atoms with E-state index in [0.29, 0.717) is 13.1 Å². The van der Waals surface area contributed by atoms with Crippen LogP contribution in [0.15, 0.2) is 42.9 Å². The van der Waals surface area contributed by atoms with E-state index in [-0.39, 0.29) is 5.91 Å². The first-order valence-electron chi connectivity index (χ1n) is 10.0. The molecule has 2 fully saturated rings. The number of anilines is 2. The summed E-state index contributed by atoms with van der Waals surface area (Å²) >= 11 is 0. The maximum absolute atomic E-state index is 13.1. The maximum Gasteiger partial charge on any atom is 0.254 e. The minimum Gasteiger partial charge on any atom is -0.378 e. The average molecular weight is 392 g/mol. The van der Waals surface area contributed by atoms with Gasteiger partial charge in [0.25, 0.3) is 5.91 Å². The van der Waals surface area contributed by atoms with Gasteiger partial charge in [-0.1, -0.05) is 6.07 Å². The minimum absolute atomic E-state index is 0.0894. The third-order valence-electron chi connectivity index (χ3n) is 5.69. The van der Waals surface area contributed by atoms with E-state index in [0.717, 1.165) is 67.5 Å². The molecule has 0 aliphatic carbocycles. The van der Waals surface area contributed by atoms with Crippen LogP contribution >= 0.6 is 0 Å². The summed E-state index contributed by atoms with van der Waals surface area (Å²) in [5.41, 5.74) is 1.75. The first-order valence-corrected chi connectivity index (χ1v) is 10.0. The molecule has 8 heteroatoms. The fourth-order valence-corrected chi connectivity index (χ4v) is 4.06. The number of nitrogens with one attached hydrogen (secondary N) is 1. The zero-order valence-corrected chi connectivity index (χ0v) is 16.3. The number of nitrogens with zero attached hydrogens (tertiary/aromatic N) is 5. The number of aromatic nitrogens is 3. The molecule has 0 atom stereocenters. The number of carbonyl (C=O) groups is 1. The quantitative estimate of drug-likeness (QED) is 0.732. The lowest BCUT2D eigenvalue weighted by Gasteiger charge is -2.36. The SMILES string of the molecule is O=C(c1cccc2[nH]ccc12)N1CCN(c2cc(N3CCOCC3)ncn2)CC1. The van der Waals surface area contributed by atoms with Crippen LogP contribution in [0.5, 0.6) is 0 Å². The fraction of sp³-hybridized carbons (Fsp3) is 0.381. The Morgan fingerprint density at radius 2 is 1.66 bits per heavy atom. The van der Waals surface area contributed by atoms with Crippen molar-refractivity contribution in [3.8, 4) is 0 Å². The molecule has 150 valence electrons. The largest absolute Gasteiger partial charge is 0.378 e. The molecule has 8 nitrogen and oxygen atoms in total. The predicted molar refractivity (Wildman–Crippen MR) is 111 cm³/mol. The second-order valence-electron chi connectivity index (χ2n) is 7.36. The van der Waals surface area contributed by atoms with Gasteiger partial charge < -0.3 is 24.4 Å². The fourth-order valence-electron chi connectivity index (χ4n) is 4.06. The van der Waals surface area contributed by atoms with Gasteiger partial charge in [0.1, 0.15) is 18.0 Å². The van der Waals surface area contributed by atoms with Gasteiger partial charge in [-0.25, -0.2) is 9.97 Å². The average Bonchev–Trinajstić information content (AvgIpc) is 3.28. The van der Waals surface area contributed by atoms with Gasteiger partial charge in [0.05, 0.1) is 13.2 Å². The number of carbonyl (C=O) groups excluding carboxylic acids is 1. The molecule has 0 bridgehead atoms. The molecule has 0 saturated carbocycles. The highest BCUT2D eigenvalue weighted by atomic mass is 16.5. The summed E-state index contributed by atoms with van der Waals surface area (Å²) in [6.07, 6.45) is 3.50. The van der Waals surface area contributed by atoms with E-state index in [1.165, 1.54) is 0 Å². The molecule has 4 heterocycles. The van der Waals surface area contributed by atoms with Crippen molar-refractivity contribution in [1.82, 2.24) is 19.9 Å². The second kappa shape index (κ2) is 7.71. The third kappa shape index (κ3) is 3.51. The Balaban J connectivity index is 1.27. The highest BCUT2D eigenvalue weighted by Gasteiger charge is 2.25. The molecule has 0 spiro atoms. The number of rotatable bonds is 3. The normalized spacial score (nSPS) is 17.7. The number of amides is 1. The van der Waals surface area contributed by atoms with E-state index < -0.39 is 0 Å². The van der Waals surface area contributed by atoms with Crippen LogP contribution in [0, 0.1) is 0 Å². The van der Waals surface area contributed by atoms with E-state index >= 15 is 0 Å². The van der Waals surface area contributed by atoms with Crippen LogP contribution in [-0.2, 0) is 4.74 Å². The summed E-state index contributed by atoms with van der Waals surface area (Å²) in [7, 11) is 0. The molecule has 0 radical (unpaired) electrons. The number of H-pyrrole nitrogens is 1. The third-order valence-corrected chi connectivity index (χ3v) is 5.69. The number of hydrogen-bond acceptors (Lipinski definition) is 6. The van der Waals surface area contributed by atoms with Crippen molar-refractivity contribution in [3.05, 3.63) is 48.4 Å². The van der Waals surface area contributed by atoms with E-state index in [9.17, 15) is 4.79 Å². The Hall–Kier alpha value is -3.13. The molecular weight excluding hydrogens is 368 g/mol. The smallest absolute Gasteiger partial charge is 0.254 e. The Kier molecular flexibility index (Phi) is 4.77. The van der Waals surface area contributed by atoms with Gasteiger partial charge in [0, 0.05) is 68.0 Å². The lowest BCUT2D eigenvalue weighted by molar-refractivity contribution is 0.0748. The van der Waals surface area contributed by atoms with Crippen molar-refractivity contribution in [2.45, 2.75) is 0 Å². The van der Waals surface area contributed by atoms with Gasteiger partial charge in [0.15, 0.2) is 0 Å². The highest BCUT2D eigenvalue weighted by molar-refractivity contribution is 6.06. The molecule has 1 amide bonds. The molecule has 2 aliphatic rings. The van der Waals surface area contributed by atoms with Gasteiger partial charge in [0.2, 0.25) is 0 Å². The monoisotopic (exact) mass is 392 g/mol. The Labute approximate surface area is 169 Å². The van der Waals surface area contributed by atoms with Gasteiger partial charge in [-0.3, -0.25) is 4.79 Å². The molecule has 1 N–H and O–H groups in total. The van der Waals surface area contributed by atoms with Crippen molar-refractivity contribution in [2.75, 3.05) is 62.3 Å². The summed E-state index contributed by atoms with van der Waals surface area (Å²) < 4.78 is 5.43. The van der Waals surface area contributed by atoms with Crippen LogP contribution in [0.3, 0.4) is 0 Å². The van der Waals surface area contributed by atoms with Crippen molar-refractivity contribution >= 4 is 28.4 Å². The van der Waals surface area contributed by atoms with Crippen LogP contribution in [0.1, 0.15) is 10.4 Å². The van der Waals surface area contributed by atoms with Crippen LogP contribution in [-0.4, -0.2) is 78.2 Å². The number of aromatic amines is 1. The number of morpholine rings is 1. The molecule has 0 unspecified atom stereocenters. The van der Waals surface area contributed by atoms with Crippen LogP contribution in [0.2, 0.25) is 0 Å². The Morgan fingerprint density at radius 3 is 2.41 bits per heavy atom. The molecule has 2 saturated heterocycles. The van der Waals surface area contributed by atoms with Gasteiger partial charge >= 0.3 is 0 Å². The number of piperazine rings is 1. The molecule has 1 aromatic carbocycles. The molecule has 2 aliphatic heterocycles. The molecule has 29 heavy (non-hydrogen) atoms. The number of ether oxygens (including phenoxy) is 1. The first-order chi connectivity index (χ1) is 14.3. The predicted octanol–water partition coefficient (Wildman–Crippen LogP) is 1.76. The lowest BCUT2D eigenvalue weighted by atomic mass is 10.1. The summed E-state index contributed by atoms with van der Waals surface area (Å²) in [5, 5.41) is 0.978. The summed E-state index contributed by atoms with van der Waals surface area (Å²) in [6, 6.07) is 9.84. The maximum atomic E-state index is 13.1. The molecular formula is C21H24N6O2. The lowest BCUT2D eigenvalue weighted by Crippen LogP contribution is -2.49. The molecule has 3 aromatic rings. The topological polar surface area (TPSA) is 77.6 Å². The number of hydrogen-bond donors (Lipinski definition) is 1.